The summed E-state index contributed by atoms with van der Waals surface area (Å²) in [5.41, 5.74) is 4.46. The molecule has 18 heavy (non-hydrogen) atoms. The number of benzene rings is 1. The van der Waals surface area contributed by atoms with E-state index in [1.165, 1.54) is 12.5 Å². The van der Waals surface area contributed by atoms with Gasteiger partial charge < -0.3 is 0 Å². The van der Waals surface area contributed by atoms with E-state index < -0.39 is 4.92 Å². The molecular weight excluding hydrogens is 230 g/mol. The van der Waals surface area contributed by atoms with E-state index in [4.69, 9.17) is 0 Å². The lowest BCUT2D eigenvalue weighted by Gasteiger charge is -2.19. The van der Waals surface area contributed by atoms with E-state index in [-0.39, 0.29) is 5.69 Å². The number of hydrogen-bond acceptors (Lipinski definition) is 4. The number of rotatable bonds is 3. The number of anilines is 1. The van der Waals surface area contributed by atoms with Gasteiger partial charge in [-0.3, -0.25) is 15.5 Å². The van der Waals surface area contributed by atoms with E-state index >= 15 is 0 Å². The van der Waals surface area contributed by atoms with Gasteiger partial charge in [0.1, 0.15) is 5.69 Å². The van der Waals surface area contributed by atoms with Crippen molar-refractivity contribution in [3.8, 4) is 0 Å². The van der Waals surface area contributed by atoms with Gasteiger partial charge in [-0.2, -0.15) is 5.10 Å². The Labute approximate surface area is 106 Å². The molecule has 0 radical (unpaired) electrons. The Kier molecular flexibility index (Phi) is 3.92. The van der Waals surface area contributed by atoms with Crippen LogP contribution in [0.15, 0.2) is 29.4 Å². The van der Waals surface area contributed by atoms with Crippen molar-refractivity contribution < 1.29 is 4.92 Å². The molecule has 1 aliphatic rings. The zero-order valence-corrected chi connectivity index (χ0v) is 10.4. The average Bonchev–Trinajstić information content (AvgIpc) is 2.38. The maximum atomic E-state index is 10.9. The largest absolute Gasteiger partial charge is 0.294 e. The summed E-state index contributed by atoms with van der Waals surface area (Å²) in [4.78, 5) is 10.5. The molecule has 5 heteroatoms. The Morgan fingerprint density at radius 1 is 1.39 bits per heavy atom. The Morgan fingerprint density at radius 3 is 2.89 bits per heavy atom. The molecule has 1 aromatic rings. The molecule has 5 nitrogen and oxygen atoms in total. The van der Waals surface area contributed by atoms with Crippen LogP contribution >= 0.6 is 0 Å². The first-order chi connectivity index (χ1) is 8.68. The third kappa shape index (κ3) is 2.85. The maximum absolute atomic E-state index is 10.9. The minimum Gasteiger partial charge on any atom is -0.272 e. The molecule has 0 bridgehead atoms. The predicted octanol–water partition coefficient (Wildman–Crippen LogP) is 3.57. The van der Waals surface area contributed by atoms with Crippen LogP contribution in [0.4, 0.5) is 11.4 Å². The summed E-state index contributed by atoms with van der Waals surface area (Å²) in [7, 11) is 0. The number of hydrazone groups is 1. The van der Waals surface area contributed by atoms with E-state index in [0.29, 0.717) is 11.6 Å². The Hall–Kier alpha value is -1.91. The zero-order valence-electron chi connectivity index (χ0n) is 10.4. The second kappa shape index (κ2) is 5.62. The van der Waals surface area contributed by atoms with Crippen LogP contribution in [-0.4, -0.2) is 10.6 Å². The molecule has 0 aromatic heterocycles. The van der Waals surface area contributed by atoms with Crippen molar-refractivity contribution in [1.82, 2.24) is 0 Å². The number of nitro benzene ring substituents is 1. The molecule has 1 aromatic carbocycles. The Bertz CT molecular complexity index is 471. The topological polar surface area (TPSA) is 67.5 Å². The molecule has 0 aliphatic heterocycles. The van der Waals surface area contributed by atoms with Crippen LogP contribution in [0.2, 0.25) is 0 Å². The van der Waals surface area contributed by atoms with Crippen LogP contribution in [0.1, 0.15) is 32.6 Å². The molecule has 0 heterocycles. The van der Waals surface area contributed by atoms with E-state index in [9.17, 15) is 10.1 Å². The van der Waals surface area contributed by atoms with Crippen molar-refractivity contribution in [1.29, 1.82) is 0 Å². The quantitative estimate of drug-likeness (QED) is 0.655. The summed E-state index contributed by atoms with van der Waals surface area (Å²) in [6.45, 7) is 2.15. The molecular formula is C13H17N3O2. The minimum absolute atomic E-state index is 0.0605. The van der Waals surface area contributed by atoms with Crippen molar-refractivity contribution in [2.45, 2.75) is 32.6 Å². The van der Waals surface area contributed by atoms with Gasteiger partial charge >= 0.3 is 0 Å². The third-order valence-electron chi connectivity index (χ3n) is 3.31. The van der Waals surface area contributed by atoms with Crippen molar-refractivity contribution in [3.63, 3.8) is 0 Å². The smallest absolute Gasteiger partial charge is 0.272 e. The van der Waals surface area contributed by atoms with Crippen LogP contribution in [0.5, 0.6) is 0 Å². The molecule has 96 valence electrons. The zero-order chi connectivity index (χ0) is 13.0. The van der Waals surface area contributed by atoms with Gasteiger partial charge in [0, 0.05) is 11.8 Å². The number of nitro groups is 1. The monoisotopic (exact) mass is 247 g/mol. The summed E-state index contributed by atoms with van der Waals surface area (Å²) in [6.07, 6.45) is 4.53. The van der Waals surface area contributed by atoms with Crippen molar-refractivity contribution in [2.24, 2.45) is 11.0 Å². The lowest BCUT2D eigenvalue weighted by Crippen LogP contribution is -2.17. The third-order valence-corrected chi connectivity index (χ3v) is 3.31. The van der Waals surface area contributed by atoms with Crippen molar-refractivity contribution in [3.05, 3.63) is 34.4 Å². The highest BCUT2D eigenvalue weighted by Crippen LogP contribution is 2.25. The van der Waals surface area contributed by atoms with E-state index in [1.54, 1.807) is 18.2 Å². The van der Waals surface area contributed by atoms with E-state index in [1.807, 2.05) is 0 Å². The lowest BCUT2D eigenvalue weighted by atomic mass is 9.89. The van der Waals surface area contributed by atoms with Gasteiger partial charge in [0.25, 0.3) is 5.69 Å². The minimum atomic E-state index is -0.396. The van der Waals surface area contributed by atoms with Gasteiger partial charge in [-0.25, -0.2) is 0 Å². The van der Waals surface area contributed by atoms with Gasteiger partial charge in [0.2, 0.25) is 0 Å². The number of nitrogens with zero attached hydrogens (tertiary/aromatic N) is 2. The molecule has 0 amide bonds. The molecule has 2 rings (SSSR count). The normalized spacial score (nSPS) is 21.8. The summed E-state index contributed by atoms with van der Waals surface area (Å²) in [5, 5.41) is 15.2. The van der Waals surface area contributed by atoms with Gasteiger partial charge in [-0.1, -0.05) is 25.5 Å². The van der Waals surface area contributed by atoms with E-state index in [2.05, 4.69) is 17.5 Å². The number of para-hydroxylation sites is 2. The fourth-order valence-electron chi connectivity index (χ4n) is 2.20. The van der Waals surface area contributed by atoms with E-state index in [0.717, 1.165) is 25.0 Å². The molecule has 1 unspecified atom stereocenters. The van der Waals surface area contributed by atoms with Gasteiger partial charge in [0.15, 0.2) is 0 Å². The van der Waals surface area contributed by atoms with Crippen LogP contribution in [0, 0.1) is 16.0 Å². The summed E-state index contributed by atoms with van der Waals surface area (Å²) in [6, 6.07) is 6.57. The maximum Gasteiger partial charge on any atom is 0.294 e. The average molecular weight is 247 g/mol. The van der Waals surface area contributed by atoms with Crippen LogP contribution in [0.3, 0.4) is 0 Å². The Balaban J connectivity index is 2.14. The van der Waals surface area contributed by atoms with Gasteiger partial charge in [0.05, 0.1) is 4.92 Å². The summed E-state index contributed by atoms with van der Waals surface area (Å²) >= 11 is 0. The molecule has 1 aliphatic carbocycles. The highest BCUT2D eigenvalue weighted by atomic mass is 16.6. The first kappa shape index (κ1) is 12.5. The van der Waals surface area contributed by atoms with Gasteiger partial charge in [-0.15, -0.1) is 0 Å². The Morgan fingerprint density at radius 2 is 2.17 bits per heavy atom. The summed E-state index contributed by atoms with van der Waals surface area (Å²) < 4.78 is 0. The fraction of sp³-hybridized carbons (Fsp3) is 0.462. The molecule has 1 saturated carbocycles. The molecule has 0 saturated heterocycles. The van der Waals surface area contributed by atoms with Crippen molar-refractivity contribution in [2.75, 3.05) is 5.43 Å². The van der Waals surface area contributed by atoms with Gasteiger partial charge in [-0.05, 0) is 31.2 Å². The second-order valence-corrected chi connectivity index (χ2v) is 4.64. The predicted molar refractivity (Wildman–Crippen MR) is 71.8 cm³/mol. The highest BCUT2D eigenvalue weighted by Gasteiger charge is 2.17. The number of hydrogen-bond donors (Lipinski definition) is 1. The lowest BCUT2D eigenvalue weighted by molar-refractivity contribution is -0.384. The summed E-state index contributed by atoms with van der Waals surface area (Å²) in [5.74, 6) is 0.467. The van der Waals surface area contributed by atoms with Crippen molar-refractivity contribution >= 4 is 17.1 Å². The molecule has 1 atom stereocenters. The SMILES string of the molecule is CC1CCCC/C1=N\Nc1ccccc1[N+](=O)[O-]. The van der Waals surface area contributed by atoms with Crippen LogP contribution < -0.4 is 5.43 Å². The molecule has 0 spiro atoms. The molecule has 1 fully saturated rings. The number of nitrogens with one attached hydrogen (secondary N) is 1. The highest BCUT2D eigenvalue weighted by molar-refractivity contribution is 5.87. The van der Waals surface area contributed by atoms with Crippen LogP contribution in [0.25, 0.3) is 0 Å². The fourth-order valence-corrected chi connectivity index (χ4v) is 2.20. The first-order valence-electron chi connectivity index (χ1n) is 6.24. The standard InChI is InChI=1S/C13H17N3O2/c1-10-6-2-3-7-11(10)14-15-12-8-4-5-9-13(12)16(17)18/h4-5,8-10,15H,2-3,6-7H2,1H3/b14-11+. The second-order valence-electron chi connectivity index (χ2n) is 4.64. The van der Waals surface area contributed by atoms with Crippen LogP contribution in [-0.2, 0) is 0 Å². The first-order valence-corrected chi connectivity index (χ1v) is 6.24. The molecule has 1 N–H and O–H groups in total.